The highest BCUT2D eigenvalue weighted by molar-refractivity contribution is 5.45. The van der Waals surface area contributed by atoms with Gasteiger partial charge in [0.05, 0.1) is 11.9 Å². The lowest BCUT2D eigenvalue weighted by Gasteiger charge is -2.14. The summed E-state index contributed by atoms with van der Waals surface area (Å²) in [7, 11) is 0. The lowest BCUT2D eigenvalue weighted by atomic mass is 10.2. The Hall–Kier alpha value is -1.60. The van der Waals surface area contributed by atoms with Crippen molar-refractivity contribution in [1.29, 1.82) is 0 Å². The highest BCUT2D eigenvalue weighted by Gasteiger charge is 2.34. The van der Waals surface area contributed by atoms with Gasteiger partial charge in [-0.05, 0) is 6.92 Å². The predicted octanol–water partition coefficient (Wildman–Crippen LogP) is 2.93. The van der Waals surface area contributed by atoms with Crippen LogP contribution in [-0.4, -0.2) is 16.5 Å². The van der Waals surface area contributed by atoms with Crippen LogP contribution in [0.4, 0.5) is 22.0 Å². The highest BCUT2D eigenvalue weighted by atomic mass is 19.4. The van der Waals surface area contributed by atoms with E-state index in [4.69, 9.17) is 5.11 Å². The fourth-order valence-corrected chi connectivity index (χ4v) is 1.01. The quantitative estimate of drug-likeness (QED) is 0.812. The highest BCUT2D eigenvalue weighted by Crippen LogP contribution is 2.39. The minimum Gasteiger partial charge on any atom is -0.505 e. The number of aryl methyl sites for hydroxylation is 1. The third-order valence-electron chi connectivity index (χ3n) is 1.68. The van der Waals surface area contributed by atoms with Gasteiger partial charge >= 0.3 is 6.36 Å². The Labute approximate surface area is 86.5 Å². The number of hydrogen-bond acceptors (Lipinski definition) is 3. The first-order valence-electron chi connectivity index (χ1n) is 3.94. The summed E-state index contributed by atoms with van der Waals surface area (Å²) in [6.45, 7) is 1.18. The van der Waals surface area contributed by atoms with E-state index in [1.54, 1.807) is 0 Å². The van der Waals surface area contributed by atoms with Crippen LogP contribution in [0.25, 0.3) is 0 Å². The Balaban J connectivity index is 3.24. The maximum absolute atomic E-state index is 12.4. The molecule has 0 radical (unpaired) electrons. The molecule has 3 nitrogen and oxygen atoms in total. The monoisotopic (exact) mass is 243 g/mol. The normalized spacial score (nSPS) is 11.9. The second-order valence-electron chi connectivity index (χ2n) is 2.82. The molecular weight excluding hydrogens is 237 g/mol. The number of aromatic nitrogens is 1. The number of aromatic hydroxyl groups is 1. The Bertz CT molecular complexity index is 391. The van der Waals surface area contributed by atoms with Crippen molar-refractivity contribution in [2.45, 2.75) is 19.7 Å². The van der Waals surface area contributed by atoms with Gasteiger partial charge in [0.1, 0.15) is 11.3 Å². The van der Waals surface area contributed by atoms with Crippen LogP contribution in [0, 0.1) is 6.92 Å². The van der Waals surface area contributed by atoms with Gasteiger partial charge in [0.25, 0.3) is 6.43 Å². The molecule has 0 bridgehead atoms. The number of halogens is 5. The maximum atomic E-state index is 12.4. The maximum Gasteiger partial charge on any atom is 0.573 e. The zero-order valence-corrected chi connectivity index (χ0v) is 7.85. The SMILES string of the molecule is Cc1ncc(OC(F)(F)F)c(C(F)F)c1O. The summed E-state index contributed by atoms with van der Waals surface area (Å²) in [6.07, 6.45) is -7.92. The molecular formula is C8H6F5NO2. The molecule has 1 heterocycles. The second kappa shape index (κ2) is 4.11. The molecule has 0 aliphatic rings. The summed E-state index contributed by atoms with van der Waals surface area (Å²) in [6, 6.07) is 0. The van der Waals surface area contributed by atoms with E-state index in [0.29, 0.717) is 6.20 Å². The van der Waals surface area contributed by atoms with Gasteiger partial charge in [-0.15, -0.1) is 13.2 Å². The number of rotatable bonds is 2. The van der Waals surface area contributed by atoms with Gasteiger partial charge in [0.2, 0.25) is 0 Å². The van der Waals surface area contributed by atoms with Gasteiger partial charge in [-0.1, -0.05) is 0 Å². The zero-order chi connectivity index (χ0) is 12.5. The largest absolute Gasteiger partial charge is 0.573 e. The first-order valence-corrected chi connectivity index (χ1v) is 3.94. The number of alkyl halides is 5. The Morgan fingerprint density at radius 1 is 1.38 bits per heavy atom. The van der Waals surface area contributed by atoms with Crippen LogP contribution in [0.15, 0.2) is 6.20 Å². The van der Waals surface area contributed by atoms with Crippen LogP contribution in [0.5, 0.6) is 11.5 Å². The van der Waals surface area contributed by atoms with E-state index < -0.39 is 29.9 Å². The van der Waals surface area contributed by atoms with Crippen molar-refractivity contribution < 1.29 is 31.8 Å². The van der Waals surface area contributed by atoms with Crippen LogP contribution in [0.2, 0.25) is 0 Å². The van der Waals surface area contributed by atoms with Crippen LogP contribution < -0.4 is 4.74 Å². The molecule has 1 aromatic heterocycles. The molecule has 0 saturated heterocycles. The van der Waals surface area contributed by atoms with Gasteiger partial charge in [0, 0.05) is 0 Å². The van der Waals surface area contributed by atoms with Crippen molar-refractivity contribution in [1.82, 2.24) is 4.98 Å². The average molecular weight is 243 g/mol. The average Bonchev–Trinajstić information content (AvgIpc) is 2.08. The second-order valence-corrected chi connectivity index (χ2v) is 2.82. The molecule has 0 aliphatic carbocycles. The van der Waals surface area contributed by atoms with E-state index in [1.165, 1.54) is 6.92 Å². The van der Waals surface area contributed by atoms with Gasteiger partial charge in [-0.2, -0.15) is 0 Å². The summed E-state index contributed by atoms with van der Waals surface area (Å²) >= 11 is 0. The van der Waals surface area contributed by atoms with E-state index in [2.05, 4.69) is 9.72 Å². The summed E-state index contributed by atoms with van der Waals surface area (Å²) in [5.74, 6) is -2.21. The van der Waals surface area contributed by atoms with Crippen LogP contribution in [0.3, 0.4) is 0 Å². The molecule has 16 heavy (non-hydrogen) atoms. The van der Waals surface area contributed by atoms with E-state index in [1.807, 2.05) is 0 Å². The zero-order valence-electron chi connectivity index (χ0n) is 7.85. The molecule has 0 amide bonds. The Morgan fingerprint density at radius 2 is 1.94 bits per heavy atom. The molecule has 0 aliphatic heterocycles. The van der Waals surface area contributed by atoms with Crippen LogP contribution in [0.1, 0.15) is 17.7 Å². The topological polar surface area (TPSA) is 42.4 Å². The molecule has 0 atom stereocenters. The minimum absolute atomic E-state index is 0.204. The lowest BCUT2D eigenvalue weighted by molar-refractivity contribution is -0.275. The Morgan fingerprint density at radius 3 is 2.38 bits per heavy atom. The van der Waals surface area contributed by atoms with E-state index in [-0.39, 0.29) is 5.69 Å². The summed E-state index contributed by atoms with van der Waals surface area (Å²) in [4.78, 5) is 3.30. The van der Waals surface area contributed by atoms with Crippen molar-refractivity contribution in [3.8, 4) is 11.5 Å². The predicted molar refractivity (Wildman–Crippen MR) is 42.3 cm³/mol. The molecule has 0 saturated carbocycles. The molecule has 90 valence electrons. The first-order chi connectivity index (χ1) is 7.22. The molecule has 8 heteroatoms. The van der Waals surface area contributed by atoms with Crippen molar-refractivity contribution in [3.05, 3.63) is 17.5 Å². The van der Waals surface area contributed by atoms with Crippen molar-refractivity contribution in [2.24, 2.45) is 0 Å². The summed E-state index contributed by atoms with van der Waals surface area (Å²) < 4.78 is 63.7. The van der Waals surface area contributed by atoms with E-state index in [0.717, 1.165) is 0 Å². The summed E-state index contributed by atoms with van der Waals surface area (Å²) in [5.41, 5.74) is -1.42. The third kappa shape index (κ3) is 2.71. The van der Waals surface area contributed by atoms with Gasteiger partial charge in [-0.25, -0.2) is 8.78 Å². The van der Waals surface area contributed by atoms with Crippen LogP contribution >= 0.6 is 0 Å². The van der Waals surface area contributed by atoms with Crippen molar-refractivity contribution in [3.63, 3.8) is 0 Å². The Kier molecular flexibility index (Phi) is 3.20. The molecule has 0 spiro atoms. The number of hydrogen-bond donors (Lipinski definition) is 1. The van der Waals surface area contributed by atoms with E-state index >= 15 is 0 Å². The third-order valence-corrected chi connectivity index (χ3v) is 1.68. The summed E-state index contributed by atoms with van der Waals surface area (Å²) in [5, 5.41) is 9.16. The van der Waals surface area contributed by atoms with Crippen molar-refractivity contribution >= 4 is 0 Å². The fraction of sp³-hybridized carbons (Fsp3) is 0.375. The van der Waals surface area contributed by atoms with Crippen molar-refractivity contribution in [2.75, 3.05) is 0 Å². The number of ether oxygens (including phenoxy) is 1. The molecule has 0 unspecified atom stereocenters. The fourth-order valence-electron chi connectivity index (χ4n) is 1.01. The molecule has 1 rings (SSSR count). The van der Waals surface area contributed by atoms with Crippen LogP contribution in [-0.2, 0) is 0 Å². The standard InChI is InChI=1S/C8H6F5NO2/c1-3-6(15)5(7(9)10)4(2-14-3)16-8(11,12)13/h2,7,15H,1H3. The number of pyridine rings is 1. The lowest BCUT2D eigenvalue weighted by Crippen LogP contribution is -2.18. The molecule has 0 aromatic carbocycles. The molecule has 0 fully saturated rings. The molecule has 1 N–H and O–H groups in total. The minimum atomic E-state index is -5.12. The molecule has 1 aromatic rings. The van der Waals surface area contributed by atoms with Gasteiger partial charge in [0.15, 0.2) is 5.75 Å². The number of nitrogens with zero attached hydrogens (tertiary/aromatic N) is 1. The first kappa shape index (κ1) is 12.5. The smallest absolute Gasteiger partial charge is 0.505 e. The van der Waals surface area contributed by atoms with Gasteiger partial charge in [-0.3, -0.25) is 4.98 Å². The van der Waals surface area contributed by atoms with Gasteiger partial charge < -0.3 is 9.84 Å². The van der Waals surface area contributed by atoms with E-state index in [9.17, 15) is 22.0 Å².